The zero-order chi connectivity index (χ0) is 42.4. The molecule has 305 valence electrons. The van der Waals surface area contributed by atoms with Gasteiger partial charge in [-0.25, -0.2) is 0 Å². The Morgan fingerprint density at radius 2 is 0.304 bits per heavy atom. The fourth-order valence-corrected chi connectivity index (χ4v) is 4.81. The number of hydrogen-bond acceptors (Lipinski definition) is 5. The van der Waals surface area contributed by atoms with Crippen LogP contribution in [0.15, 0.2) is 121 Å². The Hall–Kier alpha value is -4.16. The van der Waals surface area contributed by atoms with Crippen LogP contribution in [0.2, 0.25) is 0 Å². The van der Waals surface area contributed by atoms with E-state index in [1.807, 2.05) is 60.7 Å². The van der Waals surface area contributed by atoms with Crippen LogP contribution < -0.4 is 0 Å². The molecule has 0 heterocycles. The molecule has 0 aliphatic rings. The second kappa shape index (κ2) is 22.0. The minimum atomic E-state index is 0. The number of benzene rings is 5. The largest absolute Gasteiger partial charge is 0.508 e. The Bertz CT molecular complexity index is 1470. The molecule has 5 nitrogen and oxygen atoms in total. The van der Waals surface area contributed by atoms with Gasteiger partial charge in [0.05, 0.1) is 0 Å². The Morgan fingerprint density at radius 1 is 0.214 bits per heavy atom. The third kappa shape index (κ3) is 20.7. The smallest absolute Gasteiger partial charge is 0.115 e. The predicted molar refractivity (Wildman–Crippen MR) is 234 cm³/mol. The van der Waals surface area contributed by atoms with E-state index in [-0.39, 0.29) is 49.5 Å². The Balaban J connectivity index is 0.000000672. The van der Waals surface area contributed by atoms with E-state index in [9.17, 15) is 0 Å². The van der Waals surface area contributed by atoms with Crippen molar-refractivity contribution in [2.45, 2.75) is 131 Å². The molecule has 0 aliphatic carbocycles. The molecule has 0 aromatic heterocycles. The zero-order valence-electron chi connectivity index (χ0n) is 36.7. The summed E-state index contributed by atoms with van der Waals surface area (Å²) >= 11 is 0. The van der Waals surface area contributed by atoms with Crippen LogP contribution in [0.25, 0.3) is 0 Å². The summed E-state index contributed by atoms with van der Waals surface area (Å²) in [5.41, 5.74) is 7.10. The van der Waals surface area contributed by atoms with Crippen molar-refractivity contribution in [3.63, 3.8) is 0 Å². The molecule has 0 saturated heterocycles. The second-order valence-electron chi connectivity index (χ2n) is 19.0. The number of rotatable bonds is 0. The monoisotopic (exact) mass is 843 g/mol. The molecule has 0 unspecified atom stereocenters. The molecule has 5 N–H and O–H groups in total. The van der Waals surface area contributed by atoms with Crippen LogP contribution in [0, 0.1) is 0 Å². The van der Waals surface area contributed by atoms with Crippen LogP contribution in [-0.2, 0) is 49.5 Å². The molecular formula is C50H70NbO5. The van der Waals surface area contributed by atoms with Gasteiger partial charge in [0.15, 0.2) is 0 Å². The molecule has 5 aromatic carbocycles. The SMILES string of the molecule is CC(C)(C)c1ccc(O)cc1.CC(C)(C)c1ccc(O)cc1.CC(C)(C)c1ccc(O)cc1.CC(C)(C)c1ccc(O)cc1.CC(C)(C)c1ccc(O)cc1.[Nb]. The van der Waals surface area contributed by atoms with Gasteiger partial charge in [-0.05, 0) is 116 Å². The molecule has 0 amide bonds. The Labute approximate surface area is 355 Å². The molecular weight excluding hydrogens is 773 g/mol. The predicted octanol–water partition coefficient (Wildman–Crippen LogP) is 13.4. The molecule has 5 rings (SSSR count). The summed E-state index contributed by atoms with van der Waals surface area (Å²) < 4.78 is 0. The van der Waals surface area contributed by atoms with Gasteiger partial charge in [-0.2, -0.15) is 0 Å². The third-order valence-electron chi connectivity index (χ3n) is 8.67. The minimum absolute atomic E-state index is 0. The van der Waals surface area contributed by atoms with E-state index >= 15 is 0 Å². The van der Waals surface area contributed by atoms with Gasteiger partial charge in [0.25, 0.3) is 0 Å². The molecule has 0 fully saturated rings. The standard InChI is InChI=1S/5C10H14O.Nb/c5*1-10(2,3)8-4-6-9(11)7-5-8;/h5*4-7,11H,1-3H3;. The first-order valence-electron chi connectivity index (χ1n) is 19.0. The third-order valence-corrected chi connectivity index (χ3v) is 8.67. The van der Waals surface area contributed by atoms with Crippen molar-refractivity contribution in [2.75, 3.05) is 0 Å². The van der Waals surface area contributed by atoms with Gasteiger partial charge in [0, 0.05) is 22.4 Å². The minimum Gasteiger partial charge on any atom is -0.508 e. The first-order valence-corrected chi connectivity index (χ1v) is 19.0. The first kappa shape index (κ1) is 51.8. The van der Waals surface area contributed by atoms with Gasteiger partial charge in [-0.3, -0.25) is 0 Å². The van der Waals surface area contributed by atoms with Crippen molar-refractivity contribution in [1.29, 1.82) is 0 Å². The molecule has 0 spiro atoms. The summed E-state index contributed by atoms with van der Waals surface area (Å²) in [6, 6.07) is 36.8. The van der Waals surface area contributed by atoms with Crippen LogP contribution in [-0.4, -0.2) is 25.5 Å². The van der Waals surface area contributed by atoms with Gasteiger partial charge in [-0.1, -0.05) is 165 Å². The molecule has 0 aliphatic heterocycles. The average molecular weight is 844 g/mol. The van der Waals surface area contributed by atoms with Crippen molar-refractivity contribution in [3.05, 3.63) is 149 Å². The van der Waals surface area contributed by atoms with Crippen LogP contribution in [0.3, 0.4) is 0 Å². The van der Waals surface area contributed by atoms with E-state index < -0.39 is 0 Å². The van der Waals surface area contributed by atoms with E-state index in [1.165, 1.54) is 27.8 Å². The van der Waals surface area contributed by atoms with Crippen molar-refractivity contribution in [2.24, 2.45) is 0 Å². The zero-order valence-corrected chi connectivity index (χ0v) is 38.9. The van der Waals surface area contributed by atoms with E-state index in [1.54, 1.807) is 60.7 Å². The molecule has 0 atom stereocenters. The van der Waals surface area contributed by atoms with Gasteiger partial charge < -0.3 is 25.5 Å². The van der Waals surface area contributed by atoms with Crippen molar-refractivity contribution in [1.82, 2.24) is 0 Å². The summed E-state index contributed by atoms with van der Waals surface area (Å²) in [6.45, 7) is 32.3. The summed E-state index contributed by atoms with van der Waals surface area (Å²) in [5, 5.41) is 45.1. The van der Waals surface area contributed by atoms with Gasteiger partial charge >= 0.3 is 0 Å². The molecule has 6 heteroatoms. The average Bonchev–Trinajstić information content (AvgIpc) is 3.05. The Morgan fingerprint density at radius 3 is 0.375 bits per heavy atom. The maximum atomic E-state index is 9.02. The molecule has 56 heavy (non-hydrogen) atoms. The normalized spacial score (nSPS) is 11.3. The first-order chi connectivity index (χ1) is 25.0. The molecule has 0 bridgehead atoms. The van der Waals surface area contributed by atoms with Crippen molar-refractivity contribution >= 4 is 0 Å². The van der Waals surface area contributed by atoms with E-state index in [4.69, 9.17) is 25.5 Å². The summed E-state index contributed by atoms with van der Waals surface area (Å²) in [5.74, 6) is 1.66. The van der Waals surface area contributed by atoms with Crippen LogP contribution in [0.5, 0.6) is 28.7 Å². The number of aromatic hydroxyl groups is 5. The fraction of sp³-hybridized carbons (Fsp3) is 0.400. The van der Waals surface area contributed by atoms with Crippen molar-refractivity contribution < 1.29 is 47.9 Å². The maximum absolute atomic E-state index is 9.02. The van der Waals surface area contributed by atoms with Gasteiger partial charge in [0.2, 0.25) is 0 Å². The summed E-state index contributed by atoms with van der Waals surface area (Å²) in [7, 11) is 0. The summed E-state index contributed by atoms with van der Waals surface area (Å²) in [6.07, 6.45) is 0. The summed E-state index contributed by atoms with van der Waals surface area (Å²) in [4.78, 5) is 0. The van der Waals surface area contributed by atoms with Crippen LogP contribution >= 0.6 is 0 Å². The second-order valence-corrected chi connectivity index (χ2v) is 19.0. The van der Waals surface area contributed by atoms with E-state index in [0.29, 0.717) is 28.7 Å². The van der Waals surface area contributed by atoms with Gasteiger partial charge in [-0.15, -0.1) is 0 Å². The molecule has 0 saturated carbocycles. The number of phenolic OH excluding ortho intramolecular Hbond substituents is 5. The quantitative estimate of drug-likeness (QED) is 0.1000. The Kier molecular flexibility index (Phi) is 20.3. The molecule has 1 radical (unpaired) electrons. The van der Waals surface area contributed by atoms with E-state index in [2.05, 4.69) is 104 Å². The van der Waals surface area contributed by atoms with Crippen molar-refractivity contribution in [3.8, 4) is 28.7 Å². The van der Waals surface area contributed by atoms with Crippen LogP contribution in [0.4, 0.5) is 0 Å². The van der Waals surface area contributed by atoms with Gasteiger partial charge in [0.1, 0.15) is 28.7 Å². The van der Waals surface area contributed by atoms with Crippen LogP contribution in [0.1, 0.15) is 132 Å². The number of phenols is 5. The molecule has 5 aromatic rings. The topological polar surface area (TPSA) is 101 Å². The van der Waals surface area contributed by atoms with E-state index in [0.717, 1.165) is 0 Å². The fourth-order valence-electron chi connectivity index (χ4n) is 4.81. The maximum Gasteiger partial charge on any atom is 0.115 e. The number of hydrogen-bond donors (Lipinski definition) is 5.